The highest BCUT2D eigenvalue weighted by Gasteiger charge is 2.27. The quantitative estimate of drug-likeness (QED) is 0.341. The number of nitrogens with zero attached hydrogens (tertiary/aromatic N) is 2. The van der Waals surface area contributed by atoms with E-state index in [9.17, 15) is 4.79 Å². The van der Waals surface area contributed by atoms with Crippen molar-refractivity contribution in [3.63, 3.8) is 0 Å². The summed E-state index contributed by atoms with van der Waals surface area (Å²) < 4.78 is 5.50. The van der Waals surface area contributed by atoms with Crippen molar-refractivity contribution in [2.45, 2.75) is 26.7 Å². The number of benzene rings is 1. The molecule has 0 aromatic heterocycles. The van der Waals surface area contributed by atoms with Gasteiger partial charge in [-0.25, -0.2) is 0 Å². The van der Waals surface area contributed by atoms with E-state index in [-0.39, 0.29) is 5.91 Å². The number of ether oxygens (including phenoxy) is 1. The van der Waals surface area contributed by atoms with Gasteiger partial charge in [0.15, 0.2) is 0 Å². The van der Waals surface area contributed by atoms with Gasteiger partial charge in [0.1, 0.15) is 5.84 Å². The molecule has 33 heavy (non-hydrogen) atoms. The predicted molar refractivity (Wildman–Crippen MR) is 134 cm³/mol. The summed E-state index contributed by atoms with van der Waals surface area (Å²) in [5.41, 5.74) is 4.57. The normalized spacial score (nSPS) is 18.8. The molecule has 178 valence electrons. The van der Waals surface area contributed by atoms with Crippen LogP contribution in [0.4, 0.5) is 5.69 Å². The Morgan fingerprint density at radius 1 is 1.33 bits per heavy atom. The number of carbonyl (C=O) groups excluding carboxylic acids is 1. The minimum atomic E-state index is 0.0337. The summed E-state index contributed by atoms with van der Waals surface area (Å²) in [7, 11) is 1.81. The third-order valence-electron chi connectivity index (χ3n) is 6.26. The molecule has 1 saturated heterocycles. The second-order valence-electron chi connectivity index (χ2n) is 8.43. The van der Waals surface area contributed by atoms with Gasteiger partial charge >= 0.3 is 0 Å². The summed E-state index contributed by atoms with van der Waals surface area (Å²) in [5.74, 6) is 0.938. The van der Waals surface area contributed by atoms with Crippen molar-refractivity contribution in [2.75, 3.05) is 51.3 Å². The molecule has 1 aromatic carbocycles. The van der Waals surface area contributed by atoms with Crippen LogP contribution in [-0.4, -0.2) is 69.3 Å². The zero-order valence-electron chi connectivity index (χ0n) is 19.9. The van der Waals surface area contributed by atoms with Crippen LogP contribution in [0.5, 0.6) is 0 Å². The highest BCUT2D eigenvalue weighted by Crippen LogP contribution is 2.25. The highest BCUT2D eigenvalue weighted by molar-refractivity contribution is 6.10. The van der Waals surface area contributed by atoms with E-state index in [2.05, 4.69) is 10.6 Å². The molecular formula is C25H36N6O2. The number of amides is 1. The van der Waals surface area contributed by atoms with E-state index in [1.54, 1.807) is 13.1 Å². The second-order valence-corrected chi connectivity index (χ2v) is 8.43. The summed E-state index contributed by atoms with van der Waals surface area (Å²) in [6.07, 6.45) is 4.89. The molecule has 3 rings (SSSR count). The van der Waals surface area contributed by atoms with Crippen LogP contribution in [0.1, 0.15) is 32.3 Å². The number of amidine groups is 1. The second kappa shape index (κ2) is 11.7. The van der Waals surface area contributed by atoms with E-state index >= 15 is 0 Å². The molecule has 0 saturated carbocycles. The Hall–Kier alpha value is -3.13. The van der Waals surface area contributed by atoms with Crippen LogP contribution in [-0.2, 0) is 9.53 Å². The molecule has 2 heterocycles. The lowest BCUT2D eigenvalue weighted by atomic mass is 10.0. The Morgan fingerprint density at radius 3 is 2.67 bits per heavy atom. The summed E-state index contributed by atoms with van der Waals surface area (Å²) in [6.45, 7) is 7.78. The van der Waals surface area contributed by atoms with Gasteiger partial charge in [-0.1, -0.05) is 12.1 Å². The zero-order chi connectivity index (χ0) is 23.8. The fraction of sp³-hybridized carbons (Fsp3) is 0.480. The van der Waals surface area contributed by atoms with Gasteiger partial charge in [0.25, 0.3) is 0 Å². The molecule has 0 radical (unpaired) electrons. The van der Waals surface area contributed by atoms with Crippen molar-refractivity contribution in [3.05, 3.63) is 47.3 Å². The smallest absolute Gasteiger partial charge is 0.219 e. The number of carbonyl (C=O) groups is 1. The third kappa shape index (κ3) is 6.01. The van der Waals surface area contributed by atoms with E-state index in [0.717, 1.165) is 60.7 Å². The zero-order valence-corrected chi connectivity index (χ0v) is 19.9. The maximum absolute atomic E-state index is 12.1. The lowest BCUT2D eigenvalue weighted by Crippen LogP contribution is -2.44. The van der Waals surface area contributed by atoms with Gasteiger partial charge in [0.05, 0.1) is 13.2 Å². The molecule has 0 bridgehead atoms. The van der Waals surface area contributed by atoms with E-state index < -0.39 is 0 Å². The van der Waals surface area contributed by atoms with Crippen molar-refractivity contribution in [3.8, 4) is 0 Å². The summed E-state index contributed by atoms with van der Waals surface area (Å²) in [6, 6.07) is 7.90. The molecule has 4 N–H and O–H groups in total. The van der Waals surface area contributed by atoms with Gasteiger partial charge in [-0.3, -0.25) is 10.2 Å². The molecule has 0 unspecified atom stereocenters. The lowest BCUT2D eigenvalue weighted by Gasteiger charge is -2.34. The first-order chi connectivity index (χ1) is 16.0. The third-order valence-corrected chi connectivity index (χ3v) is 6.26. The maximum atomic E-state index is 12.1. The van der Waals surface area contributed by atoms with Crippen LogP contribution < -0.4 is 15.5 Å². The van der Waals surface area contributed by atoms with Gasteiger partial charge in [-0.2, -0.15) is 0 Å². The summed E-state index contributed by atoms with van der Waals surface area (Å²) >= 11 is 0. The van der Waals surface area contributed by atoms with Crippen LogP contribution >= 0.6 is 0 Å². The molecule has 1 amide bonds. The van der Waals surface area contributed by atoms with Crippen molar-refractivity contribution >= 4 is 29.2 Å². The maximum Gasteiger partial charge on any atom is 0.219 e. The topological polar surface area (TPSA) is 105 Å². The van der Waals surface area contributed by atoms with Crippen molar-refractivity contribution in [1.82, 2.24) is 15.5 Å². The molecule has 8 nitrogen and oxygen atoms in total. The van der Waals surface area contributed by atoms with Gasteiger partial charge in [0, 0.05) is 87.5 Å². The number of rotatable bonds is 9. The van der Waals surface area contributed by atoms with Gasteiger partial charge < -0.3 is 30.6 Å². The van der Waals surface area contributed by atoms with Crippen LogP contribution in [0.2, 0.25) is 0 Å². The highest BCUT2D eigenvalue weighted by atomic mass is 16.5. The number of allylic oxidation sites excluding steroid dienone is 1. The van der Waals surface area contributed by atoms with E-state index in [4.69, 9.17) is 15.6 Å². The van der Waals surface area contributed by atoms with Gasteiger partial charge in [0.2, 0.25) is 5.91 Å². The largest absolute Gasteiger partial charge is 0.393 e. The number of anilines is 1. The van der Waals surface area contributed by atoms with Gasteiger partial charge in [-0.15, -0.1) is 0 Å². The Kier molecular flexibility index (Phi) is 8.65. The molecular weight excluding hydrogens is 416 g/mol. The Bertz CT molecular complexity index is 915. The minimum Gasteiger partial charge on any atom is -0.393 e. The Balaban J connectivity index is 1.85. The van der Waals surface area contributed by atoms with Gasteiger partial charge in [-0.05, 0) is 31.0 Å². The molecule has 0 aliphatic carbocycles. The van der Waals surface area contributed by atoms with E-state index in [1.807, 2.05) is 48.0 Å². The molecule has 2 aliphatic rings. The van der Waals surface area contributed by atoms with Crippen LogP contribution in [0.25, 0.3) is 5.57 Å². The number of hydrogen-bond donors (Lipinski definition) is 4. The van der Waals surface area contributed by atoms with E-state index in [1.165, 1.54) is 6.21 Å². The molecule has 2 aliphatic heterocycles. The van der Waals surface area contributed by atoms with Crippen molar-refractivity contribution in [2.24, 2.45) is 5.92 Å². The average Bonchev–Trinajstić information content (AvgIpc) is 3.35. The summed E-state index contributed by atoms with van der Waals surface area (Å²) in [5, 5.41) is 23.2. The standard InChI is InChI=1S/C25H36N6O2/c1-4-31(22-7-5-20(6-8-22)21(13-26)15-28-3)25(27)23-16-30(18(2)32)11-9-24(23)29-14-19-10-12-33-17-19/h5-8,13,15,19,26-29H,4,9-12,14,16-17H2,1-3H3/b21-15+,26-13?,27-25?/t19-/m1/s1. The first-order valence-corrected chi connectivity index (χ1v) is 11.6. The van der Waals surface area contributed by atoms with Crippen LogP contribution in [0.15, 0.2) is 41.7 Å². The molecule has 8 heteroatoms. The van der Waals surface area contributed by atoms with Crippen LogP contribution in [0.3, 0.4) is 0 Å². The fourth-order valence-corrected chi connectivity index (χ4v) is 4.29. The Labute approximate surface area is 196 Å². The van der Waals surface area contributed by atoms with Crippen LogP contribution in [0, 0.1) is 16.7 Å². The number of hydrogen-bond acceptors (Lipinski definition) is 6. The predicted octanol–water partition coefficient (Wildman–Crippen LogP) is 2.83. The number of likely N-dealkylation sites (N-methyl/N-ethyl adjacent to an activating group) is 1. The lowest BCUT2D eigenvalue weighted by molar-refractivity contribution is -0.128. The van der Waals surface area contributed by atoms with Crippen molar-refractivity contribution < 1.29 is 9.53 Å². The molecule has 1 fully saturated rings. The van der Waals surface area contributed by atoms with E-state index in [0.29, 0.717) is 31.4 Å². The minimum absolute atomic E-state index is 0.0337. The molecule has 1 aromatic rings. The number of nitrogens with one attached hydrogen (secondary N) is 4. The molecule has 1 atom stereocenters. The summed E-state index contributed by atoms with van der Waals surface area (Å²) in [4.78, 5) is 15.9. The fourth-order valence-electron chi connectivity index (χ4n) is 4.29. The first-order valence-electron chi connectivity index (χ1n) is 11.6. The average molecular weight is 453 g/mol. The SMILES string of the molecule is CCN(C(=N)C1=C(NC[C@H]2CCOC2)CCN(C(C)=O)C1)c1ccc(/C(C=N)=C/NC)cc1. The van der Waals surface area contributed by atoms with Crippen molar-refractivity contribution in [1.29, 1.82) is 10.8 Å². The molecule has 0 spiro atoms. The first kappa shape index (κ1) is 24.5. The monoisotopic (exact) mass is 452 g/mol. The Morgan fingerprint density at radius 2 is 2.09 bits per heavy atom.